The molecule has 9 heteroatoms. The number of rotatable bonds is 9. The Morgan fingerprint density at radius 2 is 1.85 bits per heavy atom. The maximum Gasteiger partial charge on any atom is 0.235 e. The number of amides is 1. The summed E-state index contributed by atoms with van der Waals surface area (Å²) in [6, 6.07) is 17.1. The average Bonchev–Trinajstić information content (AvgIpc) is 3.27. The molecule has 0 fully saturated rings. The number of nitrogens with zero attached hydrogens (tertiary/aromatic N) is 2. The predicted molar refractivity (Wildman–Crippen MR) is 158 cm³/mol. The zero-order valence-electron chi connectivity index (χ0n) is 23.3. The van der Waals surface area contributed by atoms with Gasteiger partial charge in [-0.25, -0.2) is 8.42 Å². The van der Waals surface area contributed by atoms with Crippen molar-refractivity contribution in [3.8, 4) is 0 Å². The van der Waals surface area contributed by atoms with Crippen LogP contribution in [0.25, 0.3) is 0 Å². The third kappa shape index (κ3) is 5.81. The fourth-order valence-corrected chi connectivity index (χ4v) is 6.93. The van der Waals surface area contributed by atoms with Crippen LogP contribution in [0.4, 0.5) is 5.69 Å². The Morgan fingerprint density at radius 1 is 1.10 bits per heavy atom. The standard InChI is InChI=1S/C31H38N4O4S/c1-4-35-20-23-13-14-40(38,39)34(3)27-17-24(18-28(35)30(23)27)31(37)33-26(16-22-10-6-5-7-11-22)29(36)19-32-25-12-8-9-21(2)15-25/h5-12,15,17-18,24,26,29,32,36H,4,13-14,16,19-20H2,1-3H3,(H,33,37)/t24?,26-,29+/m0/s1. The monoisotopic (exact) mass is 562 g/mol. The van der Waals surface area contributed by atoms with Gasteiger partial charge in [0.25, 0.3) is 0 Å². The predicted octanol–water partition coefficient (Wildman–Crippen LogP) is 3.19. The molecule has 0 saturated heterocycles. The fraction of sp³-hybridized carbons (Fsp3) is 0.387. The van der Waals surface area contributed by atoms with Crippen LogP contribution in [0, 0.1) is 12.8 Å². The number of nitrogens with one attached hydrogen (secondary N) is 2. The van der Waals surface area contributed by atoms with Gasteiger partial charge in [0, 0.05) is 43.6 Å². The number of benzene rings is 2. The molecule has 3 N–H and O–H groups in total. The maximum absolute atomic E-state index is 13.8. The third-order valence-corrected chi connectivity index (χ3v) is 9.74. The molecule has 5 rings (SSSR count). The number of hydrogen-bond acceptors (Lipinski definition) is 6. The molecule has 2 heterocycles. The summed E-state index contributed by atoms with van der Waals surface area (Å²) in [7, 11) is -1.91. The van der Waals surface area contributed by atoms with E-state index < -0.39 is 28.1 Å². The molecule has 0 radical (unpaired) electrons. The highest BCUT2D eigenvalue weighted by molar-refractivity contribution is 7.89. The van der Waals surface area contributed by atoms with Crippen molar-refractivity contribution in [1.82, 2.24) is 14.5 Å². The highest BCUT2D eigenvalue weighted by atomic mass is 32.2. The summed E-state index contributed by atoms with van der Waals surface area (Å²) >= 11 is 0. The summed E-state index contributed by atoms with van der Waals surface area (Å²) in [5.74, 6) is -0.886. The van der Waals surface area contributed by atoms with Crippen molar-refractivity contribution in [2.24, 2.45) is 5.92 Å². The van der Waals surface area contributed by atoms with E-state index in [1.165, 1.54) is 4.31 Å². The van der Waals surface area contributed by atoms with Crippen LogP contribution < -0.4 is 10.6 Å². The number of likely N-dealkylation sites (N-methyl/N-ethyl adjacent to an activating group) is 2. The molecular weight excluding hydrogens is 524 g/mol. The minimum Gasteiger partial charge on any atom is -0.389 e. The second-order valence-electron chi connectivity index (χ2n) is 10.8. The van der Waals surface area contributed by atoms with Gasteiger partial charge in [-0.1, -0.05) is 42.5 Å². The van der Waals surface area contributed by atoms with E-state index in [1.807, 2.05) is 67.6 Å². The first-order valence-corrected chi connectivity index (χ1v) is 15.5. The van der Waals surface area contributed by atoms with E-state index in [-0.39, 0.29) is 18.2 Å². The lowest BCUT2D eigenvalue weighted by atomic mass is 9.91. The SMILES string of the molecule is CCN1CC2=C3C1=CC(C(=O)N[C@@H](Cc1ccccc1)[C@H](O)CNc1cccc(C)c1)C=C3N(C)S(=O)(=O)CC2. The molecule has 3 atom stereocenters. The lowest BCUT2D eigenvalue weighted by Crippen LogP contribution is -2.49. The summed E-state index contributed by atoms with van der Waals surface area (Å²) in [6.45, 7) is 5.77. The third-order valence-electron chi connectivity index (χ3n) is 7.99. The van der Waals surface area contributed by atoms with Crippen molar-refractivity contribution >= 4 is 21.6 Å². The Hall–Kier alpha value is -3.56. The molecule has 1 amide bonds. The molecular formula is C31H38N4O4S. The number of sulfonamides is 1. The van der Waals surface area contributed by atoms with Crippen molar-refractivity contribution in [3.05, 3.63) is 100 Å². The molecule has 2 aromatic carbocycles. The van der Waals surface area contributed by atoms with Crippen molar-refractivity contribution in [3.63, 3.8) is 0 Å². The Morgan fingerprint density at radius 3 is 2.58 bits per heavy atom. The Bertz CT molecular complexity index is 1470. The smallest absolute Gasteiger partial charge is 0.235 e. The van der Waals surface area contributed by atoms with Gasteiger partial charge in [-0.3, -0.25) is 9.10 Å². The Kier molecular flexibility index (Phi) is 8.05. The van der Waals surface area contributed by atoms with Gasteiger partial charge in [-0.15, -0.1) is 0 Å². The van der Waals surface area contributed by atoms with Gasteiger partial charge in [0.05, 0.1) is 29.5 Å². The number of carbonyl (C=O) groups excluding carboxylic acids is 1. The molecule has 3 aliphatic rings. The second kappa shape index (κ2) is 11.5. The van der Waals surface area contributed by atoms with Crippen molar-refractivity contribution < 1.29 is 18.3 Å². The van der Waals surface area contributed by atoms with E-state index >= 15 is 0 Å². The van der Waals surface area contributed by atoms with Gasteiger partial charge in [0.15, 0.2) is 0 Å². The van der Waals surface area contributed by atoms with E-state index in [0.717, 1.165) is 40.2 Å². The first kappa shape index (κ1) is 28.0. The minimum absolute atomic E-state index is 0.0562. The summed E-state index contributed by atoms with van der Waals surface area (Å²) in [5, 5.41) is 17.6. The minimum atomic E-state index is -3.48. The lowest BCUT2D eigenvalue weighted by Gasteiger charge is -2.31. The largest absolute Gasteiger partial charge is 0.389 e. The molecule has 2 aliphatic heterocycles. The first-order chi connectivity index (χ1) is 19.2. The van der Waals surface area contributed by atoms with Gasteiger partial charge >= 0.3 is 0 Å². The number of carbonyl (C=O) groups is 1. The number of anilines is 1. The van der Waals surface area contributed by atoms with E-state index in [9.17, 15) is 18.3 Å². The fourth-order valence-electron chi connectivity index (χ4n) is 5.70. The Balaban J connectivity index is 1.40. The summed E-state index contributed by atoms with van der Waals surface area (Å²) < 4.78 is 27.2. The zero-order chi connectivity index (χ0) is 28.4. The van der Waals surface area contributed by atoms with Crippen LogP contribution in [0.3, 0.4) is 0 Å². The topological polar surface area (TPSA) is 102 Å². The molecule has 1 aliphatic carbocycles. The molecule has 2 aromatic rings. The molecule has 212 valence electrons. The lowest BCUT2D eigenvalue weighted by molar-refractivity contribution is -0.124. The summed E-state index contributed by atoms with van der Waals surface area (Å²) in [5.41, 5.74) is 6.55. The van der Waals surface area contributed by atoms with Crippen LogP contribution in [-0.4, -0.2) is 73.2 Å². The summed E-state index contributed by atoms with van der Waals surface area (Å²) in [6.07, 6.45) is 3.77. The van der Waals surface area contributed by atoms with Gasteiger partial charge < -0.3 is 20.6 Å². The highest BCUT2D eigenvalue weighted by Gasteiger charge is 2.40. The molecule has 0 aromatic heterocycles. The molecule has 0 bridgehead atoms. The van der Waals surface area contributed by atoms with Crippen LogP contribution in [0.15, 0.2) is 89.3 Å². The van der Waals surface area contributed by atoms with Crippen LogP contribution in [0.1, 0.15) is 24.5 Å². The van der Waals surface area contributed by atoms with Crippen LogP contribution in [0.5, 0.6) is 0 Å². The second-order valence-corrected chi connectivity index (χ2v) is 12.9. The van der Waals surface area contributed by atoms with Gasteiger partial charge in [0.2, 0.25) is 15.9 Å². The number of aliphatic hydroxyl groups excluding tert-OH is 1. The molecule has 0 saturated carbocycles. The van der Waals surface area contributed by atoms with Gasteiger partial charge in [-0.05, 0) is 67.7 Å². The van der Waals surface area contributed by atoms with E-state index in [0.29, 0.717) is 25.1 Å². The first-order valence-electron chi connectivity index (χ1n) is 13.9. The van der Waals surface area contributed by atoms with Crippen LogP contribution >= 0.6 is 0 Å². The molecule has 40 heavy (non-hydrogen) atoms. The van der Waals surface area contributed by atoms with Gasteiger partial charge in [0.1, 0.15) is 0 Å². The molecule has 0 spiro atoms. The Labute approximate surface area is 237 Å². The van der Waals surface area contributed by atoms with Crippen molar-refractivity contribution in [2.45, 2.75) is 38.8 Å². The molecule has 1 unspecified atom stereocenters. The number of aliphatic hydroxyl groups is 1. The maximum atomic E-state index is 13.8. The normalized spacial score (nSPS) is 21.1. The summed E-state index contributed by atoms with van der Waals surface area (Å²) in [4.78, 5) is 16.0. The van der Waals surface area contributed by atoms with E-state index in [1.54, 1.807) is 13.1 Å². The van der Waals surface area contributed by atoms with Crippen LogP contribution in [0.2, 0.25) is 0 Å². The van der Waals surface area contributed by atoms with Crippen LogP contribution in [-0.2, 0) is 21.2 Å². The van der Waals surface area contributed by atoms with Gasteiger partial charge in [-0.2, -0.15) is 0 Å². The van der Waals surface area contributed by atoms with Crippen molar-refractivity contribution in [2.75, 3.05) is 37.8 Å². The highest BCUT2D eigenvalue weighted by Crippen LogP contribution is 2.43. The van der Waals surface area contributed by atoms with E-state index in [2.05, 4.69) is 22.5 Å². The average molecular weight is 563 g/mol. The van der Waals surface area contributed by atoms with E-state index in [4.69, 9.17) is 0 Å². The number of hydrogen-bond donors (Lipinski definition) is 3. The number of aryl methyl sites for hydroxylation is 1. The van der Waals surface area contributed by atoms with Crippen molar-refractivity contribution in [1.29, 1.82) is 0 Å². The molecule has 8 nitrogen and oxygen atoms in total. The zero-order valence-corrected chi connectivity index (χ0v) is 24.1. The quantitative estimate of drug-likeness (QED) is 0.434.